The zero-order chi connectivity index (χ0) is 16.0. The van der Waals surface area contributed by atoms with Crippen LogP contribution in [0.25, 0.3) is 5.69 Å². The molecule has 0 spiro atoms. The Morgan fingerprint density at radius 3 is 2.70 bits per heavy atom. The van der Waals surface area contributed by atoms with Crippen LogP contribution in [-0.4, -0.2) is 20.1 Å². The fourth-order valence-electron chi connectivity index (χ4n) is 2.83. The highest BCUT2D eigenvalue weighted by atomic mass is 127. The van der Waals surface area contributed by atoms with Gasteiger partial charge in [0.1, 0.15) is 6.54 Å². The van der Waals surface area contributed by atoms with Gasteiger partial charge in [-0.25, -0.2) is 4.68 Å². The Kier molecular flexibility index (Phi) is 3.65. The zero-order valence-corrected chi connectivity index (χ0v) is 15.4. The van der Waals surface area contributed by atoms with Gasteiger partial charge in [0.2, 0.25) is 4.77 Å². The van der Waals surface area contributed by atoms with E-state index in [1.165, 1.54) is 3.57 Å². The molecule has 0 radical (unpaired) electrons. The Hall–Kier alpha value is -1.80. The molecule has 4 rings (SSSR count). The molecule has 4 nitrogen and oxygen atoms in total. The van der Waals surface area contributed by atoms with Crippen molar-refractivity contribution in [3.05, 3.63) is 73.8 Å². The molecule has 2 heterocycles. The molecule has 23 heavy (non-hydrogen) atoms. The molecule has 3 aromatic rings. The number of rotatable bonds is 1. The van der Waals surface area contributed by atoms with Crippen LogP contribution in [0.3, 0.4) is 0 Å². The third-order valence-electron chi connectivity index (χ3n) is 3.87. The van der Waals surface area contributed by atoms with Crippen molar-refractivity contribution in [1.82, 2.24) is 14.3 Å². The molecule has 1 aliphatic rings. The fourth-order valence-corrected chi connectivity index (χ4v) is 3.57. The lowest BCUT2D eigenvalue weighted by molar-refractivity contribution is 0.734. The summed E-state index contributed by atoms with van der Waals surface area (Å²) in [5, 5.41) is 4.53. The Bertz CT molecular complexity index is 986. The smallest absolute Gasteiger partial charge is 0.202 e. The molecular weight excluding hydrogens is 419 g/mol. The topological polar surface area (TPSA) is 35.1 Å². The summed E-state index contributed by atoms with van der Waals surface area (Å²) in [4.78, 5) is 4.84. The van der Waals surface area contributed by atoms with Crippen LogP contribution in [-0.2, 0) is 13.6 Å². The van der Waals surface area contributed by atoms with E-state index >= 15 is 0 Å². The minimum atomic E-state index is 0.514. The predicted octanol–water partition coefficient (Wildman–Crippen LogP) is 3.90. The van der Waals surface area contributed by atoms with E-state index in [-0.39, 0.29) is 0 Å². The van der Waals surface area contributed by atoms with Crippen molar-refractivity contribution in [3.63, 3.8) is 0 Å². The van der Waals surface area contributed by atoms with Crippen LogP contribution in [0, 0.1) is 8.34 Å². The monoisotopic (exact) mass is 432 g/mol. The molecule has 0 unspecified atom stereocenters. The van der Waals surface area contributed by atoms with E-state index in [0.29, 0.717) is 11.3 Å². The van der Waals surface area contributed by atoms with Gasteiger partial charge >= 0.3 is 0 Å². The first-order chi connectivity index (χ1) is 11.1. The molecule has 0 aliphatic carbocycles. The average Bonchev–Trinajstić information content (AvgIpc) is 2.75. The Morgan fingerprint density at radius 1 is 1.13 bits per heavy atom. The van der Waals surface area contributed by atoms with Crippen LogP contribution in [0.15, 0.2) is 53.5 Å². The lowest BCUT2D eigenvalue weighted by Gasteiger charge is -2.12. The van der Waals surface area contributed by atoms with Crippen LogP contribution in [0.2, 0.25) is 0 Å². The first-order valence-corrected chi connectivity index (χ1v) is 8.69. The summed E-state index contributed by atoms with van der Waals surface area (Å²) in [6.07, 6.45) is 0. The first-order valence-electron chi connectivity index (χ1n) is 7.20. The normalized spacial score (nSPS) is 13.0. The second-order valence-corrected chi connectivity index (χ2v) is 6.96. The molecular formula is C17H13IN4S. The number of hydrogen-bond acceptors (Lipinski definition) is 3. The van der Waals surface area contributed by atoms with Crippen LogP contribution in [0.5, 0.6) is 0 Å². The molecule has 0 amide bonds. The van der Waals surface area contributed by atoms with Crippen LogP contribution < -0.4 is 0 Å². The van der Waals surface area contributed by atoms with Gasteiger partial charge in [0.15, 0.2) is 5.82 Å². The molecule has 0 fully saturated rings. The first kappa shape index (κ1) is 14.8. The second kappa shape index (κ2) is 5.68. The standard InChI is InChI=1S/C17H13IN4S/c1-21-17(23)22-14-8-7-12(18)9-13(14)16(19-10-15(22)20-21)11-5-3-2-4-6-11/h2-9H,10H2,1H3. The predicted molar refractivity (Wildman–Crippen MR) is 102 cm³/mol. The number of nitrogens with zero attached hydrogens (tertiary/aromatic N) is 4. The largest absolute Gasteiger partial charge is 0.276 e. The maximum Gasteiger partial charge on any atom is 0.202 e. The van der Waals surface area contributed by atoms with Gasteiger partial charge in [0, 0.05) is 21.7 Å². The fraction of sp³-hybridized carbons (Fsp3) is 0.118. The van der Waals surface area contributed by atoms with Crippen molar-refractivity contribution in [2.45, 2.75) is 6.54 Å². The number of hydrogen-bond donors (Lipinski definition) is 0. The molecule has 1 aromatic heterocycles. The summed E-state index contributed by atoms with van der Waals surface area (Å²) in [6.45, 7) is 0.514. The summed E-state index contributed by atoms with van der Waals surface area (Å²) in [5.41, 5.74) is 4.23. The van der Waals surface area contributed by atoms with E-state index in [0.717, 1.165) is 28.4 Å². The van der Waals surface area contributed by atoms with Crippen molar-refractivity contribution in [2.75, 3.05) is 0 Å². The summed E-state index contributed by atoms with van der Waals surface area (Å²) in [5.74, 6) is 0.867. The number of aromatic nitrogens is 3. The molecule has 114 valence electrons. The summed E-state index contributed by atoms with van der Waals surface area (Å²) in [6, 6.07) is 16.6. The van der Waals surface area contributed by atoms with E-state index in [1.54, 1.807) is 4.68 Å². The van der Waals surface area contributed by atoms with E-state index in [1.807, 2.05) is 29.8 Å². The summed E-state index contributed by atoms with van der Waals surface area (Å²) >= 11 is 7.88. The van der Waals surface area contributed by atoms with Crippen LogP contribution in [0.4, 0.5) is 0 Å². The van der Waals surface area contributed by atoms with Gasteiger partial charge in [-0.2, -0.15) is 5.10 Å². The minimum absolute atomic E-state index is 0.514. The third kappa shape index (κ3) is 2.46. The second-order valence-electron chi connectivity index (χ2n) is 5.35. The number of fused-ring (bicyclic) bond motifs is 3. The summed E-state index contributed by atoms with van der Waals surface area (Å²) in [7, 11) is 1.87. The van der Waals surface area contributed by atoms with E-state index < -0.39 is 0 Å². The minimum Gasteiger partial charge on any atom is -0.276 e. The maximum atomic E-state index is 5.55. The van der Waals surface area contributed by atoms with Crippen molar-refractivity contribution in [1.29, 1.82) is 0 Å². The van der Waals surface area contributed by atoms with Crippen molar-refractivity contribution >= 4 is 40.5 Å². The van der Waals surface area contributed by atoms with Gasteiger partial charge in [-0.3, -0.25) is 9.56 Å². The number of halogens is 1. The highest BCUT2D eigenvalue weighted by molar-refractivity contribution is 14.1. The number of aliphatic imine (C=N–C) groups is 1. The van der Waals surface area contributed by atoms with Crippen molar-refractivity contribution in [2.24, 2.45) is 12.0 Å². The quantitative estimate of drug-likeness (QED) is 0.432. The van der Waals surface area contributed by atoms with Gasteiger partial charge < -0.3 is 0 Å². The van der Waals surface area contributed by atoms with E-state index in [9.17, 15) is 0 Å². The maximum absolute atomic E-state index is 5.55. The molecule has 2 aromatic carbocycles. The average molecular weight is 432 g/mol. The van der Waals surface area contributed by atoms with Gasteiger partial charge in [-0.15, -0.1) is 0 Å². The lowest BCUT2D eigenvalue weighted by Crippen LogP contribution is -2.08. The number of benzene rings is 2. The van der Waals surface area contributed by atoms with Crippen molar-refractivity contribution in [3.8, 4) is 5.69 Å². The molecule has 0 saturated carbocycles. The van der Waals surface area contributed by atoms with Crippen LogP contribution in [0.1, 0.15) is 17.0 Å². The number of aryl methyl sites for hydroxylation is 1. The van der Waals surface area contributed by atoms with Gasteiger partial charge in [0.25, 0.3) is 0 Å². The molecule has 0 bridgehead atoms. The van der Waals surface area contributed by atoms with E-state index in [4.69, 9.17) is 17.2 Å². The SMILES string of the molecule is Cn1nc2n(c1=S)-c1ccc(I)cc1C(c1ccccc1)=NC2. The van der Waals surface area contributed by atoms with Gasteiger partial charge in [-0.05, 0) is 53.0 Å². The lowest BCUT2D eigenvalue weighted by atomic mass is 10.0. The van der Waals surface area contributed by atoms with Gasteiger partial charge in [-0.1, -0.05) is 30.3 Å². The zero-order valence-electron chi connectivity index (χ0n) is 12.4. The molecule has 0 N–H and O–H groups in total. The molecule has 6 heteroatoms. The Labute approximate surface area is 152 Å². The Balaban J connectivity index is 2.04. The van der Waals surface area contributed by atoms with Crippen molar-refractivity contribution < 1.29 is 0 Å². The highest BCUT2D eigenvalue weighted by Gasteiger charge is 2.21. The third-order valence-corrected chi connectivity index (χ3v) is 4.99. The van der Waals surface area contributed by atoms with E-state index in [2.05, 4.69) is 58.0 Å². The highest BCUT2D eigenvalue weighted by Crippen LogP contribution is 2.26. The molecule has 0 saturated heterocycles. The molecule has 0 atom stereocenters. The summed E-state index contributed by atoms with van der Waals surface area (Å²) < 4.78 is 5.62. The van der Waals surface area contributed by atoms with Gasteiger partial charge in [0.05, 0.1) is 11.4 Å². The molecule has 1 aliphatic heterocycles. The Morgan fingerprint density at radius 2 is 1.91 bits per heavy atom. The van der Waals surface area contributed by atoms with Crippen LogP contribution >= 0.6 is 34.8 Å².